The second kappa shape index (κ2) is 10.9. The van der Waals surface area contributed by atoms with Crippen LogP contribution in [0, 0.1) is 6.92 Å². The van der Waals surface area contributed by atoms with E-state index in [0.29, 0.717) is 24.7 Å². The highest BCUT2D eigenvalue weighted by Crippen LogP contribution is 2.24. The third kappa shape index (κ3) is 6.01. The first-order valence-electron chi connectivity index (χ1n) is 10.2. The van der Waals surface area contributed by atoms with Gasteiger partial charge in [-0.25, -0.2) is 0 Å². The molecule has 1 amide bonds. The highest BCUT2D eigenvalue weighted by molar-refractivity contribution is 5.95. The van der Waals surface area contributed by atoms with E-state index in [2.05, 4.69) is 23.6 Å². The molecule has 0 unspecified atom stereocenters. The number of hydrogen-bond acceptors (Lipinski definition) is 4. The van der Waals surface area contributed by atoms with E-state index in [1.807, 2.05) is 73.7 Å². The monoisotopic (exact) mass is 404 g/mol. The molecule has 5 nitrogen and oxygen atoms in total. The largest absolute Gasteiger partial charge is 0.490 e. The number of anilines is 2. The Balaban J connectivity index is 1.52. The highest BCUT2D eigenvalue weighted by atomic mass is 16.5. The first-order chi connectivity index (χ1) is 14.7. The number of hydrogen-bond donors (Lipinski definition) is 2. The summed E-state index contributed by atoms with van der Waals surface area (Å²) in [4.78, 5) is 12.5. The molecule has 0 fully saturated rings. The van der Waals surface area contributed by atoms with Crippen molar-refractivity contribution in [3.05, 3.63) is 83.9 Å². The molecule has 0 aliphatic carbocycles. The van der Waals surface area contributed by atoms with Gasteiger partial charge in [-0.1, -0.05) is 55.5 Å². The van der Waals surface area contributed by atoms with E-state index in [9.17, 15) is 4.79 Å². The van der Waals surface area contributed by atoms with E-state index >= 15 is 0 Å². The van der Waals surface area contributed by atoms with Crippen LogP contribution >= 0.6 is 0 Å². The normalized spacial score (nSPS) is 10.3. The lowest BCUT2D eigenvalue weighted by Gasteiger charge is -2.15. The van der Waals surface area contributed by atoms with E-state index < -0.39 is 0 Å². The van der Waals surface area contributed by atoms with Crippen LogP contribution in [0.4, 0.5) is 11.4 Å². The molecule has 0 saturated heterocycles. The minimum atomic E-state index is -0.128. The van der Waals surface area contributed by atoms with Crippen molar-refractivity contribution in [2.75, 3.05) is 30.4 Å². The van der Waals surface area contributed by atoms with E-state index in [1.165, 1.54) is 5.56 Å². The molecule has 0 aliphatic rings. The molecule has 156 valence electrons. The third-order valence-electron chi connectivity index (χ3n) is 4.68. The van der Waals surface area contributed by atoms with Crippen LogP contribution in [0.15, 0.2) is 72.8 Å². The Hall–Kier alpha value is -3.47. The lowest BCUT2D eigenvalue weighted by molar-refractivity contribution is -0.114. The van der Waals surface area contributed by atoms with Crippen LogP contribution in [0.1, 0.15) is 18.1 Å². The van der Waals surface area contributed by atoms with Crippen LogP contribution in [0.2, 0.25) is 0 Å². The van der Waals surface area contributed by atoms with E-state index in [-0.39, 0.29) is 12.5 Å². The maximum atomic E-state index is 12.5. The summed E-state index contributed by atoms with van der Waals surface area (Å²) >= 11 is 0. The van der Waals surface area contributed by atoms with Gasteiger partial charge in [0.1, 0.15) is 24.7 Å². The predicted molar refractivity (Wildman–Crippen MR) is 122 cm³/mol. The van der Waals surface area contributed by atoms with E-state index in [1.54, 1.807) is 0 Å². The summed E-state index contributed by atoms with van der Waals surface area (Å²) in [6.45, 7) is 5.13. The summed E-state index contributed by atoms with van der Waals surface area (Å²) in [5, 5.41) is 6.20. The molecule has 0 radical (unpaired) electrons. The Bertz CT molecular complexity index is 958. The quantitative estimate of drug-likeness (QED) is 0.464. The average Bonchev–Trinajstić information content (AvgIpc) is 2.77. The summed E-state index contributed by atoms with van der Waals surface area (Å²) < 4.78 is 11.5. The van der Waals surface area contributed by atoms with Gasteiger partial charge in [0.15, 0.2) is 0 Å². The number of amides is 1. The van der Waals surface area contributed by atoms with Crippen molar-refractivity contribution in [2.45, 2.75) is 20.3 Å². The van der Waals surface area contributed by atoms with Crippen LogP contribution in [-0.4, -0.2) is 25.7 Å². The number of ether oxygens (including phenoxy) is 2. The Labute approximate surface area is 178 Å². The fourth-order valence-electron chi connectivity index (χ4n) is 3.16. The molecule has 0 aromatic heterocycles. The molecule has 0 bridgehead atoms. The van der Waals surface area contributed by atoms with Gasteiger partial charge in [-0.15, -0.1) is 0 Å². The second-order valence-corrected chi connectivity index (χ2v) is 6.87. The molecule has 0 heterocycles. The van der Waals surface area contributed by atoms with Gasteiger partial charge >= 0.3 is 0 Å². The Morgan fingerprint density at radius 2 is 1.60 bits per heavy atom. The lowest BCUT2D eigenvalue weighted by atomic mass is 10.1. The summed E-state index contributed by atoms with van der Waals surface area (Å²) in [7, 11) is 0. The van der Waals surface area contributed by atoms with Crippen LogP contribution < -0.4 is 20.1 Å². The van der Waals surface area contributed by atoms with Crippen LogP contribution in [0.3, 0.4) is 0 Å². The van der Waals surface area contributed by atoms with Gasteiger partial charge in [0.25, 0.3) is 0 Å². The van der Waals surface area contributed by atoms with Crippen molar-refractivity contribution >= 4 is 17.3 Å². The highest BCUT2D eigenvalue weighted by Gasteiger charge is 2.10. The van der Waals surface area contributed by atoms with Crippen molar-refractivity contribution in [3.8, 4) is 11.5 Å². The summed E-state index contributed by atoms with van der Waals surface area (Å²) in [6.07, 6.45) is 0.910. The van der Waals surface area contributed by atoms with Crippen LogP contribution in [-0.2, 0) is 11.2 Å². The fourth-order valence-corrected chi connectivity index (χ4v) is 3.16. The zero-order valence-electron chi connectivity index (χ0n) is 17.5. The summed E-state index contributed by atoms with van der Waals surface area (Å²) in [6, 6.07) is 23.2. The van der Waals surface area contributed by atoms with Gasteiger partial charge in [-0.05, 0) is 48.7 Å². The predicted octanol–water partition coefficient (Wildman–Crippen LogP) is 5.07. The molecule has 5 heteroatoms. The molecule has 0 spiro atoms. The van der Waals surface area contributed by atoms with E-state index in [0.717, 1.165) is 23.4 Å². The first-order valence-corrected chi connectivity index (χ1v) is 10.2. The zero-order valence-corrected chi connectivity index (χ0v) is 17.5. The number of carbonyl (C=O) groups excluding carboxylic acids is 1. The van der Waals surface area contributed by atoms with Gasteiger partial charge < -0.3 is 20.1 Å². The topological polar surface area (TPSA) is 59.6 Å². The van der Waals surface area contributed by atoms with E-state index in [4.69, 9.17) is 9.47 Å². The van der Waals surface area contributed by atoms with Crippen molar-refractivity contribution in [1.29, 1.82) is 0 Å². The molecular formula is C25H28N2O3. The maximum Gasteiger partial charge on any atom is 0.243 e. The molecule has 30 heavy (non-hydrogen) atoms. The van der Waals surface area contributed by atoms with Gasteiger partial charge in [0, 0.05) is 5.69 Å². The van der Waals surface area contributed by atoms with Gasteiger partial charge in [0.05, 0.1) is 12.2 Å². The maximum absolute atomic E-state index is 12.5. The zero-order chi connectivity index (χ0) is 21.2. The molecule has 0 aliphatic heterocycles. The standard InChI is InChI=1S/C25H28N2O3/c1-3-20-11-9-10-19(2)25(20)26-18-24(28)27-22-14-7-8-15-23(22)30-17-16-29-21-12-5-4-6-13-21/h4-15,26H,3,16-18H2,1-2H3,(H,27,28). The lowest BCUT2D eigenvalue weighted by Crippen LogP contribution is -2.23. The Morgan fingerprint density at radius 1 is 0.867 bits per heavy atom. The van der Waals surface area contributed by atoms with Crippen LogP contribution in [0.5, 0.6) is 11.5 Å². The number of rotatable bonds is 10. The van der Waals surface area contributed by atoms with Crippen molar-refractivity contribution in [3.63, 3.8) is 0 Å². The SMILES string of the molecule is CCc1cccc(C)c1NCC(=O)Nc1ccccc1OCCOc1ccccc1. The molecule has 3 aromatic rings. The van der Waals surface area contributed by atoms with Crippen molar-refractivity contribution < 1.29 is 14.3 Å². The minimum absolute atomic E-state index is 0.128. The summed E-state index contributed by atoms with van der Waals surface area (Å²) in [5.74, 6) is 1.29. The molecule has 3 aromatic carbocycles. The van der Waals surface area contributed by atoms with Gasteiger partial charge in [0.2, 0.25) is 5.91 Å². The molecular weight excluding hydrogens is 376 g/mol. The molecule has 0 atom stereocenters. The average molecular weight is 405 g/mol. The number of para-hydroxylation sites is 4. The number of nitrogens with one attached hydrogen (secondary N) is 2. The Morgan fingerprint density at radius 3 is 2.40 bits per heavy atom. The van der Waals surface area contributed by atoms with Crippen LogP contribution in [0.25, 0.3) is 0 Å². The molecule has 0 saturated carbocycles. The Kier molecular flexibility index (Phi) is 7.72. The smallest absolute Gasteiger partial charge is 0.243 e. The fraction of sp³-hybridized carbons (Fsp3) is 0.240. The third-order valence-corrected chi connectivity index (χ3v) is 4.68. The van der Waals surface area contributed by atoms with Crippen molar-refractivity contribution in [1.82, 2.24) is 0 Å². The second-order valence-electron chi connectivity index (χ2n) is 6.87. The number of aryl methyl sites for hydroxylation is 2. The minimum Gasteiger partial charge on any atom is -0.490 e. The number of benzene rings is 3. The van der Waals surface area contributed by atoms with Gasteiger partial charge in [-0.3, -0.25) is 4.79 Å². The first kappa shape index (κ1) is 21.2. The van der Waals surface area contributed by atoms with Crippen molar-refractivity contribution in [2.24, 2.45) is 0 Å². The summed E-state index contributed by atoms with van der Waals surface area (Å²) in [5.41, 5.74) is 4.00. The molecule has 3 rings (SSSR count). The van der Waals surface area contributed by atoms with Gasteiger partial charge in [-0.2, -0.15) is 0 Å². The number of carbonyl (C=O) groups is 1. The molecule has 2 N–H and O–H groups in total.